The smallest absolute Gasteiger partial charge is 0.408 e. The number of pyridine rings is 1. The Hall–Kier alpha value is -5.44. The molecule has 1 amide bonds. The number of hydrogen-bond acceptors (Lipinski definition) is 5. The number of carbonyl (C=O) groups excluding carboxylic acids is 1. The van der Waals surface area contributed by atoms with E-state index in [0.29, 0.717) is 36.4 Å². The Morgan fingerprint density at radius 1 is 0.884 bits per heavy atom. The van der Waals surface area contributed by atoms with Gasteiger partial charge in [0.2, 0.25) is 5.43 Å². The Morgan fingerprint density at radius 2 is 1.51 bits per heavy atom. The maximum Gasteiger partial charge on any atom is 0.408 e. The average molecular weight is 579 g/mol. The number of amides is 1. The number of nitrogens with zero attached hydrogens (tertiary/aromatic N) is 1. The molecule has 1 saturated carbocycles. The second-order valence-corrected chi connectivity index (χ2v) is 10.4. The van der Waals surface area contributed by atoms with E-state index in [1.54, 1.807) is 24.3 Å². The van der Waals surface area contributed by atoms with E-state index in [1.165, 1.54) is 16.8 Å². The van der Waals surface area contributed by atoms with Crippen LogP contribution in [0.25, 0.3) is 16.6 Å². The number of aromatic nitrogens is 1. The van der Waals surface area contributed by atoms with Crippen molar-refractivity contribution in [2.45, 2.75) is 31.6 Å². The molecule has 0 bridgehead atoms. The molecule has 8 nitrogen and oxygen atoms in total. The summed E-state index contributed by atoms with van der Waals surface area (Å²) in [5.41, 5.74) is 0.551. The summed E-state index contributed by atoms with van der Waals surface area (Å²) < 4.78 is 28.3. The molecule has 216 valence electrons. The van der Waals surface area contributed by atoms with Crippen molar-refractivity contribution in [3.05, 3.63) is 142 Å². The van der Waals surface area contributed by atoms with Gasteiger partial charge >= 0.3 is 12.1 Å². The van der Waals surface area contributed by atoms with Crippen LogP contribution in [0.4, 0.5) is 9.18 Å². The predicted molar refractivity (Wildman–Crippen MR) is 158 cm³/mol. The molecule has 43 heavy (non-hydrogen) atoms. The molecule has 9 heteroatoms. The Morgan fingerprint density at radius 3 is 2.12 bits per heavy atom. The number of benzene rings is 4. The summed E-state index contributed by atoms with van der Waals surface area (Å²) >= 11 is 0. The second-order valence-electron chi connectivity index (χ2n) is 10.4. The molecule has 1 fully saturated rings. The summed E-state index contributed by atoms with van der Waals surface area (Å²) in [5, 5.41) is 12.4. The van der Waals surface area contributed by atoms with Gasteiger partial charge in [0, 0.05) is 22.8 Å². The van der Waals surface area contributed by atoms with Crippen molar-refractivity contribution in [2.24, 2.45) is 0 Å². The third-order valence-corrected chi connectivity index (χ3v) is 7.51. The number of rotatable bonds is 9. The standard InChI is InChI=1S/C34H27FN2O6/c35-29-17-26-30(18-28(29)34(15-16-34)36-33(41)43-21-23-9-5-2-6-10-23)37(19-27(31(26)38)32(39)40)24-11-13-25(14-12-24)42-20-22-7-3-1-4-8-22/h1-14,17-19H,15-16,20-21H2,(H,36,41)(H,39,40). The van der Waals surface area contributed by atoms with Gasteiger partial charge in [-0.3, -0.25) is 4.79 Å². The number of halogens is 1. The highest BCUT2D eigenvalue weighted by Crippen LogP contribution is 2.47. The van der Waals surface area contributed by atoms with Crippen molar-refractivity contribution in [2.75, 3.05) is 0 Å². The van der Waals surface area contributed by atoms with Crippen LogP contribution in [0.3, 0.4) is 0 Å². The number of carboxylic acid groups (broad SMARTS) is 1. The van der Waals surface area contributed by atoms with Crippen LogP contribution >= 0.6 is 0 Å². The zero-order chi connectivity index (χ0) is 30.0. The van der Waals surface area contributed by atoms with Crippen molar-refractivity contribution < 1.29 is 28.6 Å². The summed E-state index contributed by atoms with van der Waals surface area (Å²) in [6.07, 6.45) is 1.49. The van der Waals surface area contributed by atoms with Gasteiger partial charge in [0.1, 0.15) is 30.3 Å². The molecule has 1 aliphatic carbocycles. The van der Waals surface area contributed by atoms with Gasteiger partial charge in [-0.25, -0.2) is 14.0 Å². The quantitative estimate of drug-likeness (QED) is 0.212. The maximum atomic E-state index is 15.6. The highest BCUT2D eigenvalue weighted by Gasteiger charge is 2.48. The molecule has 5 aromatic rings. The minimum absolute atomic E-state index is 0.0610. The molecule has 2 N–H and O–H groups in total. The number of nitrogens with one attached hydrogen (secondary N) is 1. The molecule has 1 aromatic heterocycles. The first-order valence-electron chi connectivity index (χ1n) is 13.7. The van der Waals surface area contributed by atoms with Gasteiger partial charge in [0.15, 0.2) is 0 Å². The molecule has 1 heterocycles. The van der Waals surface area contributed by atoms with E-state index in [-0.39, 0.29) is 17.6 Å². The van der Waals surface area contributed by atoms with E-state index in [1.807, 2.05) is 60.7 Å². The lowest BCUT2D eigenvalue weighted by atomic mass is 10.00. The molecular formula is C34H27FN2O6. The minimum Gasteiger partial charge on any atom is -0.489 e. The first-order valence-corrected chi connectivity index (χ1v) is 13.7. The monoisotopic (exact) mass is 578 g/mol. The third-order valence-electron chi connectivity index (χ3n) is 7.51. The zero-order valence-electron chi connectivity index (χ0n) is 23.0. The van der Waals surface area contributed by atoms with Crippen LogP contribution in [0.5, 0.6) is 5.75 Å². The molecule has 1 aliphatic rings. The number of ether oxygens (including phenoxy) is 2. The Bertz CT molecular complexity index is 1870. The average Bonchev–Trinajstić information content (AvgIpc) is 3.80. The van der Waals surface area contributed by atoms with Gasteiger partial charge < -0.3 is 24.5 Å². The maximum absolute atomic E-state index is 15.6. The number of carbonyl (C=O) groups is 2. The van der Waals surface area contributed by atoms with Gasteiger partial charge in [0.05, 0.1) is 11.1 Å². The molecule has 6 rings (SSSR count). The fourth-order valence-electron chi connectivity index (χ4n) is 5.06. The Balaban J connectivity index is 1.32. The lowest BCUT2D eigenvalue weighted by Crippen LogP contribution is -2.36. The summed E-state index contributed by atoms with van der Waals surface area (Å²) in [7, 11) is 0. The Labute approximate surface area is 245 Å². The van der Waals surface area contributed by atoms with Gasteiger partial charge in [-0.05, 0) is 60.4 Å². The fraction of sp³-hybridized carbons (Fsp3) is 0.147. The van der Waals surface area contributed by atoms with Crippen LogP contribution in [0.2, 0.25) is 0 Å². The largest absolute Gasteiger partial charge is 0.489 e. The highest BCUT2D eigenvalue weighted by molar-refractivity contribution is 5.93. The zero-order valence-corrected chi connectivity index (χ0v) is 23.0. The molecule has 0 radical (unpaired) electrons. The van der Waals surface area contributed by atoms with E-state index < -0.39 is 34.4 Å². The highest BCUT2D eigenvalue weighted by atomic mass is 19.1. The van der Waals surface area contributed by atoms with Gasteiger partial charge in [-0.15, -0.1) is 0 Å². The van der Waals surface area contributed by atoms with Crippen LogP contribution in [0.1, 0.15) is 39.9 Å². The normalized spacial score (nSPS) is 13.3. The van der Waals surface area contributed by atoms with Crippen LogP contribution < -0.4 is 15.5 Å². The summed E-state index contributed by atoms with van der Waals surface area (Å²) in [6, 6.07) is 28.4. The van der Waals surface area contributed by atoms with Crippen molar-refractivity contribution in [3.63, 3.8) is 0 Å². The van der Waals surface area contributed by atoms with Gasteiger partial charge in [0.25, 0.3) is 0 Å². The van der Waals surface area contributed by atoms with Crippen LogP contribution in [0.15, 0.2) is 108 Å². The van der Waals surface area contributed by atoms with Crippen molar-refractivity contribution in [1.82, 2.24) is 9.88 Å². The molecule has 4 aromatic carbocycles. The van der Waals surface area contributed by atoms with Crippen LogP contribution in [-0.2, 0) is 23.5 Å². The second kappa shape index (κ2) is 11.4. The molecule has 0 aliphatic heterocycles. The number of alkyl carbamates (subject to hydrolysis) is 1. The first-order chi connectivity index (χ1) is 20.8. The molecule has 0 saturated heterocycles. The van der Waals surface area contributed by atoms with Crippen molar-refractivity contribution in [3.8, 4) is 11.4 Å². The van der Waals surface area contributed by atoms with Gasteiger partial charge in [-0.2, -0.15) is 0 Å². The van der Waals surface area contributed by atoms with E-state index in [0.717, 1.165) is 17.2 Å². The summed E-state index contributed by atoms with van der Waals surface area (Å²) in [4.78, 5) is 37.7. The molecule has 0 unspecified atom stereocenters. The number of aromatic carboxylic acids is 1. The Kier molecular flexibility index (Phi) is 7.38. The van der Waals surface area contributed by atoms with Crippen molar-refractivity contribution >= 4 is 23.0 Å². The number of hydrogen-bond donors (Lipinski definition) is 2. The molecular weight excluding hydrogens is 551 g/mol. The minimum atomic E-state index is -1.42. The SMILES string of the molecule is O=C(NC1(c2cc3c(cc2F)c(=O)c(C(=O)O)cn3-c2ccc(OCc3ccccc3)cc2)CC1)OCc1ccccc1. The van der Waals surface area contributed by atoms with E-state index >= 15 is 4.39 Å². The van der Waals surface area contributed by atoms with Gasteiger partial charge in [-0.1, -0.05) is 60.7 Å². The van der Waals surface area contributed by atoms with E-state index in [9.17, 15) is 19.5 Å². The molecule has 0 spiro atoms. The van der Waals surface area contributed by atoms with E-state index in [4.69, 9.17) is 9.47 Å². The molecule has 0 atom stereocenters. The van der Waals surface area contributed by atoms with Crippen molar-refractivity contribution in [1.29, 1.82) is 0 Å². The third kappa shape index (κ3) is 5.83. The first kappa shape index (κ1) is 27.7. The topological polar surface area (TPSA) is 107 Å². The summed E-state index contributed by atoms with van der Waals surface area (Å²) in [5.74, 6) is -1.54. The lowest BCUT2D eigenvalue weighted by molar-refractivity contribution is 0.0695. The lowest BCUT2D eigenvalue weighted by Gasteiger charge is -2.21. The predicted octanol–water partition coefficient (Wildman–Crippen LogP) is 6.32. The number of carboxylic acids is 1. The number of fused-ring (bicyclic) bond motifs is 1. The van der Waals surface area contributed by atoms with Crippen LogP contribution in [-0.4, -0.2) is 21.7 Å². The van der Waals surface area contributed by atoms with E-state index in [2.05, 4.69) is 5.32 Å². The van der Waals surface area contributed by atoms with Crippen LogP contribution in [0, 0.1) is 5.82 Å². The fourth-order valence-corrected chi connectivity index (χ4v) is 5.06. The summed E-state index contributed by atoms with van der Waals surface area (Å²) in [6.45, 7) is 0.432.